The molecule has 0 aromatic heterocycles. The van der Waals surface area contributed by atoms with E-state index in [9.17, 15) is 4.79 Å². The number of anilines is 1. The second-order valence-electron chi connectivity index (χ2n) is 5.23. The number of nitrogens with zero attached hydrogens (tertiary/aromatic N) is 1. The number of rotatable bonds is 6. The highest BCUT2D eigenvalue weighted by atomic mass is 35.5. The molecule has 1 heterocycles. The van der Waals surface area contributed by atoms with Crippen molar-refractivity contribution < 1.29 is 9.53 Å². The zero-order valence-electron chi connectivity index (χ0n) is 12.3. The number of amides is 1. The molecule has 6 heteroatoms. The summed E-state index contributed by atoms with van der Waals surface area (Å²) < 4.78 is 5.18. The molecule has 0 atom stereocenters. The number of hydrogen-bond acceptors (Lipinski definition) is 4. The average Bonchev–Trinajstić information content (AvgIpc) is 2.99. The first-order valence-electron chi connectivity index (χ1n) is 7.25. The summed E-state index contributed by atoms with van der Waals surface area (Å²) in [6.45, 7) is 4.02. The van der Waals surface area contributed by atoms with Crippen LogP contribution in [0.15, 0.2) is 12.1 Å². The normalized spacial score (nSPS) is 15.1. The van der Waals surface area contributed by atoms with Gasteiger partial charge in [0.15, 0.2) is 0 Å². The van der Waals surface area contributed by atoms with Crippen molar-refractivity contribution in [1.82, 2.24) is 10.2 Å². The predicted octanol–water partition coefficient (Wildman–Crippen LogP) is 2.15. The van der Waals surface area contributed by atoms with E-state index >= 15 is 0 Å². The molecule has 0 unspecified atom stereocenters. The van der Waals surface area contributed by atoms with Crippen LogP contribution in [-0.2, 0) is 0 Å². The summed E-state index contributed by atoms with van der Waals surface area (Å²) in [5.41, 5.74) is 6.52. The molecule has 1 aromatic carbocycles. The number of methoxy groups -OCH3 is 1. The number of nitrogens with two attached hydrogens (primary N) is 1. The van der Waals surface area contributed by atoms with Gasteiger partial charge in [-0.1, -0.05) is 11.6 Å². The van der Waals surface area contributed by atoms with Crippen molar-refractivity contribution in [1.29, 1.82) is 0 Å². The molecular weight excluding hydrogens is 290 g/mol. The maximum absolute atomic E-state index is 12.2. The number of hydrogen-bond donors (Lipinski definition) is 2. The molecule has 0 bridgehead atoms. The molecule has 116 valence electrons. The van der Waals surface area contributed by atoms with Crippen LogP contribution < -0.4 is 15.8 Å². The van der Waals surface area contributed by atoms with E-state index in [1.807, 2.05) is 0 Å². The molecule has 0 saturated carbocycles. The summed E-state index contributed by atoms with van der Waals surface area (Å²) >= 11 is 5.97. The molecular formula is C15H22ClN3O2. The lowest BCUT2D eigenvalue weighted by molar-refractivity contribution is 0.0949. The van der Waals surface area contributed by atoms with Crippen molar-refractivity contribution >= 4 is 23.2 Å². The van der Waals surface area contributed by atoms with Crippen LogP contribution in [0.5, 0.6) is 5.75 Å². The van der Waals surface area contributed by atoms with E-state index in [4.69, 9.17) is 22.1 Å². The third-order valence-corrected chi connectivity index (χ3v) is 4.03. The molecule has 21 heavy (non-hydrogen) atoms. The minimum atomic E-state index is -0.185. The molecule has 0 spiro atoms. The second-order valence-corrected chi connectivity index (χ2v) is 5.64. The Kier molecular flexibility index (Phi) is 5.70. The minimum absolute atomic E-state index is 0.185. The maximum Gasteiger partial charge on any atom is 0.255 e. The lowest BCUT2D eigenvalue weighted by atomic mass is 10.1. The van der Waals surface area contributed by atoms with E-state index in [1.54, 1.807) is 12.1 Å². The van der Waals surface area contributed by atoms with E-state index in [2.05, 4.69) is 10.2 Å². The Hall–Kier alpha value is -1.46. The summed E-state index contributed by atoms with van der Waals surface area (Å²) in [6, 6.07) is 3.12. The Labute approximate surface area is 130 Å². The van der Waals surface area contributed by atoms with E-state index in [0.717, 1.165) is 13.0 Å². The average molecular weight is 312 g/mol. The number of carbonyl (C=O) groups excluding carboxylic acids is 1. The van der Waals surface area contributed by atoms with Crippen LogP contribution >= 0.6 is 11.6 Å². The van der Waals surface area contributed by atoms with Crippen LogP contribution in [0.4, 0.5) is 5.69 Å². The third kappa shape index (κ3) is 4.25. The van der Waals surface area contributed by atoms with Crippen molar-refractivity contribution in [3.05, 3.63) is 22.7 Å². The van der Waals surface area contributed by atoms with Crippen LogP contribution in [0.1, 0.15) is 29.6 Å². The second kappa shape index (κ2) is 7.52. The Balaban J connectivity index is 1.86. The smallest absolute Gasteiger partial charge is 0.255 e. The molecule has 1 aliphatic heterocycles. The van der Waals surface area contributed by atoms with E-state index in [0.29, 0.717) is 28.6 Å². The third-order valence-electron chi connectivity index (χ3n) is 3.70. The van der Waals surface area contributed by atoms with E-state index < -0.39 is 0 Å². The molecule has 0 radical (unpaired) electrons. The van der Waals surface area contributed by atoms with Gasteiger partial charge >= 0.3 is 0 Å². The maximum atomic E-state index is 12.2. The monoisotopic (exact) mass is 311 g/mol. The highest BCUT2D eigenvalue weighted by Gasteiger charge is 2.15. The number of halogens is 1. The van der Waals surface area contributed by atoms with Gasteiger partial charge in [0.05, 0.1) is 23.4 Å². The Bertz CT molecular complexity index is 502. The van der Waals surface area contributed by atoms with Crippen molar-refractivity contribution in [2.24, 2.45) is 0 Å². The number of ether oxygens (including phenoxy) is 1. The number of benzene rings is 1. The highest BCUT2D eigenvalue weighted by molar-refractivity contribution is 6.33. The Morgan fingerprint density at radius 1 is 1.43 bits per heavy atom. The van der Waals surface area contributed by atoms with Crippen LogP contribution in [0.2, 0.25) is 5.02 Å². The molecule has 1 fully saturated rings. The fourth-order valence-corrected chi connectivity index (χ4v) is 2.69. The molecule has 3 N–H and O–H groups in total. The first kappa shape index (κ1) is 15.9. The van der Waals surface area contributed by atoms with Gasteiger partial charge in [-0.15, -0.1) is 0 Å². The molecule has 1 aromatic rings. The minimum Gasteiger partial charge on any atom is -0.496 e. The van der Waals surface area contributed by atoms with Gasteiger partial charge in [-0.05, 0) is 45.0 Å². The molecule has 1 saturated heterocycles. The Morgan fingerprint density at radius 3 is 2.81 bits per heavy atom. The lowest BCUT2D eigenvalue weighted by Gasteiger charge is -2.15. The zero-order chi connectivity index (χ0) is 15.2. The van der Waals surface area contributed by atoms with Crippen molar-refractivity contribution in [3.8, 4) is 5.75 Å². The number of likely N-dealkylation sites (tertiary alicyclic amines) is 1. The topological polar surface area (TPSA) is 67.6 Å². The van der Waals surface area contributed by atoms with Gasteiger partial charge in [0.25, 0.3) is 5.91 Å². The standard InChI is InChI=1S/C15H22ClN3O2/c1-21-14-10-13(17)12(16)9-11(14)15(20)18-5-4-8-19-6-2-3-7-19/h9-10H,2-8,17H2,1H3,(H,18,20). The van der Waals surface area contributed by atoms with Gasteiger partial charge in [-0.2, -0.15) is 0 Å². The molecule has 2 rings (SSSR count). The number of carbonyl (C=O) groups is 1. The molecule has 1 amide bonds. The molecule has 5 nitrogen and oxygen atoms in total. The zero-order valence-corrected chi connectivity index (χ0v) is 13.1. The summed E-state index contributed by atoms with van der Waals surface area (Å²) in [7, 11) is 1.51. The highest BCUT2D eigenvalue weighted by Crippen LogP contribution is 2.28. The SMILES string of the molecule is COc1cc(N)c(Cl)cc1C(=O)NCCCN1CCCC1. The van der Waals surface area contributed by atoms with Gasteiger partial charge in [-0.3, -0.25) is 4.79 Å². The molecule has 0 aliphatic carbocycles. The predicted molar refractivity (Wildman–Crippen MR) is 85.0 cm³/mol. The fourth-order valence-electron chi connectivity index (χ4n) is 2.52. The van der Waals surface area contributed by atoms with Crippen LogP contribution in [0, 0.1) is 0 Å². The van der Waals surface area contributed by atoms with Crippen LogP contribution in [-0.4, -0.2) is 44.1 Å². The van der Waals surface area contributed by atoms with Crippen LogP contribution in [0.3, 0.4) is 0 Å². The first-order valence-corrected chi connectivity index (χ1v) is 7.63. The fraction of sp³-hybridized carbons (Fsp3) is 0.533. The van der Waals surface area contributed by atoms with Gasteiger partial charge in [0, 0.05) is 12.6 Å². The number of nitrogens with one attached hydrogen (secondary N) is 1. The van der Waals surface area contributed by atoms with Crippen molar-refractivity contribution in [2.45, 2.75) is 19.3 Å². The summed E-state index contributed by atoms with van der Waals surface area (Å²) in [5, 5.41) is 3.26. The Morgan fingerprint density at radius 2 is 2.14 bits per heavy atom. The van der Waals surface area contributed by atoms with E-state index in [1.165, 1.54) is 33.0 Å². The summed E-state index contributed by atoms with van der Waals surface area (Å²) in [5.74, 6) is 0.254. The quantitative estimate of drug-likeness (QED) is 0.624. The van der Waals surface area contributed by atoms with Crippen molar-refractivity contribution in [3.63, 3.8) is 0 Å². The van der Waals surface area contributed by atoms with Crippen LogP contribution in [0.25, 0.3) is 0 Å². The van der Waals surface area contributed by atoms with Gasteiger partial charge in [0.2, 0.25) is 0 Å². The first-order chi connectivity index (χ1) is 10.1. The summed E-state index contributed by atoms with van der Waals surface area (Å²) in [6.07, 6.45) is 3.51. The largest absolute Gasteiger partial charge is 0.496 e. The lowest BCUT2D eigenvalue weighted by Crippen LogP contribution is -2.29. The van der Waals surface area contributed by atoms with E-state index in [-0.39, 0.29) is 5.91 Å². The van der Waals surface area contributed by atoms with Gasteiger partial charge in [0.1, 0.15) is 5.75 Å². The molecule has 1 aliphatic rings. The van der Waals surface area contributed by atoms with Gasteiger partial charge < -0.3 is 20.7 Å². The van der Waals surface area contributed by atoms with Gasteiger partial charge in [-0.25, -0.2) is 0 Å². The number of nitrogen functional groups attached to an aromatic ring is 1. The summed E-state index contributed by atoms with van der Waals surface area (Å²) in [4.78, 5) is 14.6. The van der Waals surface area contributed by atoms with Crippen molar-refractivity contribution in [2.75, 3.05) is 39.0 Å².